The molecule has 2 aromatic carbocycles. The van der Waals surface area contributed by atoms with Crippen LogP contribution in [0, 0.1) is 5.92 Å². The highest BCUT2D eigenvalue weighted by Gasteiger charge is 2.33. The molecule has 0 heterocycles. The van der Waals surface area contributed by atoms with Crippen molar-refractivity contribution in [2.24, 2.45) is 5.92 Å². The standard InChI is InChI=1S/C19H20BrNO2/c1-23-17-10-6-15(7-11-17)19(14-4-5-14)21-18(22)12-13-2-8-16(20)9-3-13/h2-3,6-11,14,19H,4-5,12H2,1H3,(H,21,22). The van der Waals surface area contributed by atoms with Crippen LogP contribution in [0.2, 0.25) is 0 Å². The van der Waals surface area contributed by atoms with E-state index in [4.69, 9.17) is 4.74 Å². The lowest BCUT2D eigenvalue weighted by molar-refractivity contribution is -0.121. The van der Waals surface area contributed by atoms with Crippen LogP contribution in [0.5, 0.6) is 5.75 Å². The number of rotatable bonds is 6. The molecule has 0 radical (unpaired) electrons. The maximum absolute atomic E-state index is 12.4. The van der Waals surface area contributed by atoms with Gasteiger partial charge < -0.3 is 10.1 Å². The number of methoxy groups -OCH3 is 1. The summed E-state index contributed by atoms with van der Waals surface area (Å²) in [6, 6.07) is 16.0. The molecule has 3 rings (SSSR count). The second-order valence-electron chi connectivity index (χ2n) is 5.96. The minimum atomic E-state index is 0.0695. The Morgan fingerprint density at radius 1 is 1.17 bits per heavy atom. The summed E-state index contributed by atoms with van der Waals surface area (Å²) in [6.45, 7) is 0. The van der Waals surface area contributed by atoms with Gasteiger partial charge in [-0.2, -0.15) is 0 Å². The van der Waals surface area contributed by atoms with E-state index in [0.717, 1.165) is 21.3 Å². The van der Waals surface area contributed by atoms with E-state index < -0.39 is 0 Å². The molecule has 1 atom stereocenters. The van der Waals surface area contributed by atoms with E-state index in [1.165, 1.54) is 12.8 Å². The second kappa shape index (κ2) is 7.18. The molecule has 4 heteroatoms. The zero-order chi connectivity index (χ0) is 16.2. The number of ether oxygens (including phenoxy) is 1. The van der Waals surface area contributed by atoms with E-state index in [1.807, 2.05) is 48.5 Å². The molecule has 1 aliphatic rings. The van der Waals surface area contributed by atoms with E-state index in [1.54, 1.807) is 7.11 Å². The first kappa shape index (κ1) is 16.1. The number of halogens is 1. The summed E-state index contributed by atoms with van der Waals surface area (Å²) < 4.78 is 6.23. The summed E-state index contributed by atoms with van der Waals surface area (Å²) >= 11 is 3.41. The Hall–Kier alpha value is -1.81. The van der Waals surface area contributed by atoms with Gasteiger partial charge in [-0.25, -0.2) is 0 Å². The van der Waals surface area contributed by atoms with Crippen molar-refractivity contribution in [2.75, 3.05) is 7.11 Å². The molecule has 120 valence electrons. The molecule has 1 unspecified atom stereocenters. The zero-order valence-corrected chi connectivity index (χ0v) is 14.7. The molecule has 0 aliphatic heterocycles. The average Bonchev–Trinajstić information content (AvgIpc) is 3.40. The van der Waals surface area contributed by atoms with E-state index >= 15 is 0 Å². The number of hydrogen-bond donors (Lipinski definition) is 1. The summed E-state index contributed by atoms with van der Waals surface area (Å²) in [4.78, 5) is 12.4. The number of carbonyl (C=O) groups excluding carboxylic acids is 1. The molecule has 1 aliphatic carbocycles. The van der Waals surface area contributed by atoms with Crippen LogP contribution in [0.3, 0.4) is 0 Å². The maximum Gasteiger partial charge on any atom is 0.224 e. The van der Waals surface area contributed by atoms with Crippen molar-refractivity contribution in [3.63, 3.8) is 0 Å². The van der Waals surface area contributed by atoms with Gasteiger partial charge in [0, 0.05) is 4.47 Å². The van der Waals surface area contributed by atoms with Crippen LogP contribution in [-0.2, 0) is 11.2 Å². The Balaban J connectivity index is 1.66. The molecule has 23 heavy (non-hydrogen) atoms. The van der Waals surface area contributed by atoms with Gasteiger partial charge in [-0.15, -0.1) is 0 Å². The van der Waals surface area contributed by atoms with Crippen molar-refractivity contribution < 1.29 is 9.53 Å². The third-order valence-corrected chi connectivity index (χ3v) is 4.69. The van der Waals surface area contributed by atoms with Crippen LogP contribution in [0.25, 0.3) is 0 Å². The Kier molecular flexibility index (Phi) is 5.01. The largest absolute Gasteiger partial charge is 0.497 e. The highest BCUT2D eigenvalue weighted by atomic mass is 79.9. The third kappa shape index (κ3) is 4.35. The second-order valence-corrected chi connectivity index (χ2v) is 6.87. The van der Waals surface area contributed by atoms with E-state index in [0.29, 0.717) is 12.3 Å². The molecular weight excluding hydrogens is 354 g/mol. The van der Waals surface area contributed by atoms with Gasteiger partial charge in [0.1, 0.15) is 5.75 Å². The van der Waals surface area contributed by atoms with Crippen molar-refractivity contribution in [3.05, 3.63) is 64.1 Å². The lowest BCUT2D eigenvalue weighted by atomic mass is 10.0. The van der Waals surface area contributed by atoms with Gasteiger partial charge in [0.25, 0.3) is 0 Å². The van der Waals surface area contributed by atoms with Gasteiger partial charge in [0.15, 0.2) is 0 Å². The molecule has 1 N–H and O–H groups in total. The lowest BCUT2D eigenvalue weighted by Crippen LogP contribution is -2.31. The molecule has 1 amide bonds. The average molecular weight is 374 g/mol. The Labute approximate surface area is 145 Å². The molecular formula is C19H20BrNO2. The predicted octanol–water partition coefficient (Wildman–Crippen LogP) is 4.27. The number of hydrogen-bond acceptors (Lipinski definition) is 2. The Morgan fingerprint density at radius 3 is 2.39 bits per heavy atom. The van der Waals surface area contributed by atoms with Crippen LogP contribution >= 0.6 is 15.9 Å². The Bertz CT molecular complexity index is 663. The van der Waals surface area contributed by atoms with Crippen LogP contribution in [0.15, 0.2) is 53.0 Å². The summed E-state index contributed by atoms with van der Waals surface area (Å²) in [7, 11) is 1.66. The van der Waals surface area contributed by atoms with Crippen LogP contribution in [0.1, 0.15) is 30.0 Å². The number of benzene rings is 2. The molecule has 1 fully saturated rings. The smallest absolute Gasteiger partial charge is 0.224 e. The minimum absolute atomic E-state index is 0.0695. The summed E-state index contributed by atoms with van der Waals surface area (Å²) in [5.74, 6) is 1.46. The number of carbonyl (C=O) groups is 1. The lowest BCUT2D eigenvalue weighted by Gasteiger charge is -2.19. The van der Waals surface area contributed by atoms with Gasteiger partial charge in [0.2, 0.25) is 5.91 Å². The molecule has 1 saturated carbocycles. The molecule has 3 nitrogen and oxygen atoms in total. The first-order valence-corrected chi connectivity index (χ1v) is 8.63. The minimum Gasteiger partial charge on any atom is -0.497 e. The highest BCUT2D eigenvalue weighted by Crippen LogP contribution is 2.41. The van der Waals surface area contributed by atoms with Gasteiger partial charge in [-0.3, -0.25) is 4.79 Å². The van der Waals surface area contributed by atoms with Crippen molar-refractivity contribution in [3.8, 4) is 5.75 Å². The molecule has 0 aromatic heterocycles. The number of amides is 1. The van der Waals surface area contributed by atoms with Gasteiger partial charge >= 0.3 is 0 Å². The fourth-order valence-electron chi connectivity index (χ4n) is 2.73. The quantitative estimate of drug-likeness (QED) is 0.820. The van der Waals surface area contributed by atoms with E-state index in [-0.39, 0.29) is 11.9 Å². The van der Waals surface area contributed by atoms with E-state index in [2.05, 4.69) is 21.2 Å². The maximum atomic E-state index is 12.4. The summed E-state index contributed by atoms with van der Waals surface area (Å²) in [6.07, 6.45) is 2.76. The number of nitrogens with one attached hydrogen (secondary N) is 1. The third-order valence-electron chi connectivity index (χ3n) is 4.16. The van der Waals surface area contributed by atoms with Crippen LogP contribution in [0.4, 0.5) is 0 Å². The monoisotopic (exact) mass is 373 g/mol. The summed E-state index contributed by atoms with van der Waals surface area (Å²) in [5, 5.41) is 3.20. The first-order valence-electron chi connectivity index (χ1n) is 7.83. The first-order chi connectivity index (χ1) is 11.2. The molecule has 0 spiro atoms. The summed E-state index contributed by atoms with van der Waals surface area (Å²) in [5.41, 5.74) is 2.17. The van der Waals surface area contributed by atoms with Gasteiger partial charge in [0.05, 0.1) is 19.6 Å². The van der Waals surface area contributed by atoms with Crippen molar-refractivity contribution in [1.82, 2.24) is 5.32 Å². The Morgan fingerprint density at radius 2 is 1.83 bits per heavy atom. The highest BCUT2D eigenvalue weighted by molar-refractivity contribution is 9.10. The molecule has 0 bridgehead atoms. The molecule has 0 saturated heterocycles. The zero-order valence-electron chi connectivity index (χ0n) is 13.1. The van der Waals surface area contributed by atoms with Crippen LogP contribution in [-0.4, -0.2) is 13.0 Å². The fourth-order valence-corrected chi connectivity index (χ4v) is 2.99. The van der Waals surface area contributed by atoms with Crippen molar-refractivity contribution in [2.45, 2.75) is 25.3 Å². The fraction of sp³-hybridized carbons (Fsp3) is 0.316. The van der Waals surface area contributed by atoms with Crippen molar-refractivity contribution in [1.29, 1.82) is 0 Å². The van der Waals surface area contributed by atoms with Crippen molar-refractivity contribution >= 4 is 21.8 Å². The van der Waals surface area contributed by atoms with Gasteiger partial charge in [-0.1, -0.05) is 40.2 Å². The van der Waals surface area contributed by atoms with Gasteiger partial charge in [-0.05, 0) is 54.2 Å². The normalized spacial score (nSPS) is 15.0. The predicted molar refractivity (Wildman–Crippen MR) is 94.4 cm³/mol. The van der Waals surface area contributed by atoms with Crippen LogP contribution < -0.4 is 10.1 Å². The SMILES string of the molecule is COc1ccc(C(NC(=O)Cc2ccc(Br)cc2)C2CC2)cc1. The topological polar surface area (TPSA) is 38.3 Å². The van der Waals surface area contributed by atoms with E-state index in [9.17, 15) is 4.79 Å². The molecule has 2 aromatic rings.